The highest BCUT2D eigenvalue weighted by molar-refractivity contribution is 5.38. The molecule has 2 N–H and O–H groups in total. The minimum absolute atomic E-state index is 0.0908. The Morgan fingerprint density at radius 1 is 0.783 bits per heavy atom. The van der Waals surface area contributed by atoms with Gasteiger partial charge in [-0.3, -0.25) is 0 Å². The van der Waals surface area contributed by atoms with E-state index in [2.05, 4.69) is 39.9 Å². The SMILES string of the molecule is CC(C)[C@H](NC(C)(C)C)C(O)(c1ccccc1)c1ccccc1. The standard InChI is InChI=1S/C21H29NO/c1-16(2)19(22-20(3,4)5)21(23,17-12-8-6-9-13-17)18-14-10-7-11-15-18/h6-16,19,22-23H,1-5H3/t19-/m0/s1. The van der Waals surface area contributed by atoms with Crippen LogP contribution in [0.5, 0.6) is 0 Å². The third kappa shape index (κ3) is 4.01. The van der Waals surface area contributed by atoms with Gasteiger partial charge in [0.1, 0.15) is 5.60 Å². The van der Waals surface area contributed by atoms with E-state index in [0.717, 1.165) is 11.1 Å². The summed E-state index contributed by atoms with van der Waals surface area (Å²) in [6, 6.07) is 19.8. The second-order valence-electron chi connectivity index (χ2n) is 7.61. The third-order valence-corrected chi connectivity index (χ3v) is 4.13. The largest absolute Gasteiger partial charge is 0.379 e. The van der Waals surface area contributed by atoms with Crippen molar-refractivity contribution in [2.45, 2.75) is 51.8 Å². The minimum Gasteiger partial charge on any atom is -0.379 e. The molecule has 0 fully saturated rings. The predicted octanol–water partition coefficient (Wildman–Crippen LogP) is 4.34. The molecule has 124 valence electrons. The van der Waals surface area contributed by atoms with Crippen molar-refractivity contribution < 1.29 is 5.11 Å². The van der Waals surface area contributed by atoms with E-state index in [1.165, 1.54) is 0 Å². The molecule has 1 atom stereocenters. The number of hydrogen-bond acceptors (Lipinski definition) is 2. The molecular formula is C21H29NO. The highest BCUT2D eigenvalue weighted by Crippen LogP contribution is 2.36. The van der Waals surface area contributed by atoms with E-state index >= 15 is 0 Å². The number of rotatable bonds is 5. The van der Waals surface area contributed by atoms with Crippen LogP contribution in [0, 0.1) is 5.92 Å². The first-order valence-corrected chi connectivity index (χ1v) is 8.36. The molecule has 0 aliphatic rings. The lowest BCUT2D eigenvalue weighted by Gasteiger charge is -2.43. The predicted molar refractivity (Wildman–Crippen MR) is 97.4 cm³/mol. The number of nitrogens with one attached hydrogen (secondary N) is 1. The molecule has 0 aliphatic heterocycles. The Hall–Kier alpha value is -1.64. The van der Waals surface area contributed by atoms with Crippen molar-refractivity contribution >= 4 is 0 Å². The molecule has 2 aromatic rings. The van der Waals surface area contributed by atoms with Crippen molar-refractivity contribution in [3.05, 3.63) is 71.8 Å². The van der Waals surface area contributed by atoms with Crippen LogP contribution in [0.3, 0.4) is 0 Å². The average Bonchev–Trinajstić information content (AvgIpc) is 2.52. The second-order valence-corrected chi connectivity index (χ2v) is 7.61. The van der Waals surface area contributed by atoms with E-state index in [1.807, 2.05) is 60.7 Å². The van der Waals surface area contributed by atoms with Gasteiger partial charge < -0.3 is 10.4 Å². The van der Waals surface area contributed by atoms with Gasteiger partial charge in [-0.05, 0) is 37.8 Å². The van der Waals surface area contributed by atoms with Gasteiger partial charge in [0.25, 0.3) is 0 Å². The first-order valence-electron chi connectivity index (χ1n) is 8.36. The molecule has 0 saturated heterocycles. The number of hydrogen-bond donors (Lipinski definition) is 2. The molecule has 2 rings (SSSR count). The molecule has 2 aromatic carbocycles. The Morgan fingerprint density at radius 2 is 1.17 bits per heavy atom. The monoisotopic (exact) mass is 311 g/mol. The molecular weight excluding hydrogens is 282 g/mol. The zero-order chi connectivity index (χ0) is 17.1. The smallest absolute Gasteiger partial charge is 0.130 e. The summed E-state index contributed by atoms with van der Waals surface area (Å²) in [5.41, 5.74) is 0.666. The van der Waals surface area contributed by atoms with E-state index in [1.54, 1.807) is 0 Å². The summed E-state index contributed by atoms with van der Waals surface area (Å²) in [7, 11) is 0. The summed E-state index contributed by atoms with van der Waals surface area (Å²) in [5, 5.41) is 15.5. The summed E-state index contributed by atoms with van der Waals surface area (Å²) >= 11 is 0. The molecule has 23 heavy (non-hydrogen) atoms. The summed E-state index contributed by atoms with van der Waals surface area (Å²) in [5.74, 6) is 0.264. The van der Waals surface area contributed by atoms with Crippen LogP contribution in [0.1, 0.15) is 45.7 Å². The fraction of sp³-hybridized carbons (Fsp3) is 0.429. The van der Waals surface area contributed by atoms with Gasteiger partial charge in [0.05, 0.1) is 0 Å². The molecule has 0 aliphatic carbocycles. The second kappa shape index (κ2) is 6.86. The topological polar surface area (TPSA) is 32.3 Å². The fourth-order valence-electron chi connectivity index (χ4n) is 3.13. The lowest BCUT2D eigenvalue weighted by atomic mass is 9.75. The first-order chi connectivity index (χ1) is 10.7. The molecule has 0 saturated carbocycles. The minimum atomic E-state index is -1.08. The Kier molecular flexibility index (Phi) is 5.28. The summed E-state index contributed by atoms with van der Waals surface area (Å²) < 4.78 is 0. The van der Waals surface area contributed by atoms with Crippen molar-refractivity contribution in [3.8, 4) is 0 Å². The van der Waals surface area contributed by atoms with E-state index < -0.39 is 5.60 Å². The van der Waals surface area contributed by atoms with Gasteiger partial charge in [-0.1, -0.05) is 74.5 Å². The third-order valence-electron chi connectivity index (χ3n) is 4.13. The van der Waals surface area contributed by atoms with Crippen molar-refractivity contribution in [3.63, 3.8) is 0 Å². The van der Waals surface area contributed by atoms with Crippen LogP contribution < -0.4 is 5.32 Å². The Morgan fingerprint density at radius 3 is 1.48 bits per heavy atom. The maximum absolute atomic E-state index is 11.9. The summed E-state index contributed by atoms with van der Waals surface area (Å²) in [6.45, 7) is 10.7. The molecule has 0 unspecified atom stereocenters. The molecule has 0 aromatic heterocycles. The zero-order valence-electron chi connectivity index (χ0n) is 14.9. The summed E-state index contributed by atoms with van der Waals surface area (Å²) in [4.78, 5) is 0. The molecule has 0 heterocycles. The van der Waals surface area contributed by atoms with E-state index in [-0.39, 0.29) is 17.5 Å². The normalized spacial score (nSPS) is 14.0. The maximum Gasteiger partial charge on any atom is 0.130 e. The lowest BCUT2D eigenvalue weighted by molar-refractivity contribution is 0.00872. The van der Waals surface area contributed by atoms with Gasteiger partial charge in [0, 0.05) is 11.6 Å². The maximum atomic E-state index is 11.9. The van der Waals surface area contributed by atoms with E-state index in [4.69, 9.17) is 0 Å². The highest BCUT2D eigenvalue weighted by Gasteiger charge is 2.43. The quantitative estimate of drug-likeness (QED) is 0.861. The van der Waals surface area contributed by atoms with Crippen LogP contribution >= 0.6 is 0 Å². The van der Waals surface area contributed by atoms with Crippen molar-refractivity contribution in [1.82, 2.24) is 5.32 Å². The Bertz CT molecular complexity index is 559. The van der Waals surface area contributed by atoms with Crippen LogP contribution in [0.25, 0.3) is 0 Å². The molecule has 0 spiro atoms. The van der Waals surface area contributed by atoms with Crippen LogP contribution in [0.2, 0.25) is 0 Å². The van der Waals surface area contributed by atoms with Crippen LogP contribution in [-0.2, 0) is 5.60 Å². The molecule has 0 amide bonds. The molecule has 2 nitrogen and oxygen atoms in total. The van der Waals surface area contributed by atoms with Gasteiger partial charge >= 0.3 is 0 Å². The van der Waals surface area contributed by atoms with Crippen molar-refractivity contribution in [2.24, 2.45) is 5.92 Å². The summed E-state index contributed by atoms with van der Waals surface area (Å²) in [6.07, 6.45) is 0. The van der Waals surface area contributed by atoms with Crippen LogP contribution in [-0.4, -0.2) is 16.7 Å². The molecule has 2 heteroatoms. The van der Waals surface area contributed by atoms with Gasteiger partial charge in [0.2, 0.25) is 0 Å². The fourth-order valence-corrected chi connectivity index (χ4v) is 3.13. The zero-order valence-corrected chi connectivity index (χ0v) is 14.9. The van der Waals surface area contributed by atoms with E-state index in [9.17, 15) is 5.11 Å². The van der Waals surface area contributed by atoms with Crippen LogP contribution in [0.15, 0.2) is 60.7 Å². The number of benzene rings is 2. The van der Waals surface area contributed by atoms with Gasteiger partial charge in [-0.15, -0.1) is 0 Å². The van der Waals surface area contributed by atoms with Gasteiger partial charge in [-0.2, -0.15) is 0 Å². The first kappa shape index (κ1) is 17.7. The highest BCUT2D eigenvalue weighted by atomic mass is 16.3. The lowest BCUT2D eigenvalue weighted by Crippen LogP contribution is -2.57. The molecule has 0 bridgehead atoms. The van der Waals surface area contributed by atoms with Gasteiger partial charge in [0.15, 0.2) is 0 Å². The number of aliphatic hydroxyl groups is 1. The van der Waals surface area contributed by atoms with Gasteiger partial charge in [-0.25, -0.2) is 0 Å². The average molecular weight is 311 g/mol. The van der Waals surface area contributed by atoms with Crippen molar-refractivity contribution in [2.75, 3.05) is 0 Å². The van der Waals surface area contributed by atoms with Crippen molar-refractivity contribution in [1.29, 1.82) is 0 Å². The van der Waals surface area contributed by atoms with Crippen LogP contribution in [0.4, 0.5) is 0 Å². The Balaban J connectivity index is 2.61. The van der Waals surface area contributed by atoms with E-state index in [0.29, 0.717) is 0 Å². The molecule has 0 radical (unpaired) electrons. The Labute approximate surface area is 140 Å².